The van der Waals surface area contributed by atoms with Crippen LogP contribution in [0.25, 0.3) is 0 Å². The lowest BCUT2D eigenvalue weighted by atomic mass is 10.2. The second kappa shape index (κ2) is 3.00. The molecule has 0 fully saturated rings. The van der Waals surface area contributed by atoms with Crippen LogP contribution in [-0.2, 0) is 0 Å². The first-order valence-corrected chi connectivity index (χ1v) is 3.09. The summed E-state index contributed by atoms with van der Waals surface area (Å²) in [7, 11) is 0. The number of aromatic nitrogens is 1. The second-order valence-corrected chi connectivity index (χ2v) is 2.13. The van der Waals surface area contributed by atoms with E-state index in [0.29, 0.717) is 0 Å². The maximum Gasteiger partial charge on any atom is 0.337 e. The third-order valence-electron chi connectivity index (χ3n) is 1.27. The van der Waals surface area contributed by atoms with Gasteiger partial charge in [0.15, 0.2) is 0 Å². The molecule has 5 heteroatoms. The van der Waals surface area contributed by atoms with Gasteiger partial charge in [0.2, 0.25) is 5.91 Å². The minimum absolute atomic E-state index is 0.0497. The predicted octanol–water partition coefficient (Wildman–Crippen LogP) is -0.121. The molecule has 3 N–H and O–H groups in total. The number of carboxylic acids is 1. The average Bonchev–Trinajstić information content (AvgIpc) is 2.04. The maximum atomic E-state index is 10.6. The summed E-state index contributed by atoms with van der Waals surface area (Å²) in [4.78, 5) is 24.5. The normalized spacial score (nSPS) is 9.33. The van der Waals surface area contributed by atoms with Crippen LogP contribution in [0.3, 0.4) is 0 Å². The summed E-state index contributed by atoms with van der Waals surface area (Å²) < 4.78 is 0. The zero-order chi connectivity index (χ0) is 9.14. The number of aromatic carboxylic acids is 1. The van der Waals surface area contributed by atoms with Crippen molar-refractivity contribution in [3.05, 3.63) is 29.6 Å². The quantitative estimate of drug-likeness (QED) is 0.640. The van der Waals surface area contributed by atoms with E-state index < -0.39 is 11.9 Å². The van der Waals surface area contributed by atoms with Crippen LogP contribution in [0.15, 0.2) is 18.5 Å². The Morgan fingerprint density at radius 2 is 1.92 bits per heavy atom. The molecule has 12 heavy (non-hydrogen) atoms. The highest BCUT2D eigenvalue weighted by molar-refractivity contribution is 5.95. The van der Waals surface area contributed by atoms with Gasteiger partial charge in [-0.25, -0.2) is 4.79 Å². The average molecular weight is 166 g/mol. The van der Waals surface area contributed by atoms with Gasteiger partial charge >= 0.3 is 5.97 Å². The van der Waals surface area contributed by atoms with Gasteiger partial charge in [-0.1, -0.05) is 0 Å². The van der Waals surface area contributed by atoms with Crippen LogP contribution in [0.5, 0.6) is 0 Å². The molecule has 0 aromatic carbocycles. The molecular formula is C7H6N2O3. The molecule has 0 spiro atoms. The number of amides is 1. The van der Waals surface area contributed by atoms with Crippen molar-refractivity contribution in [1.82, 2.24) is 4.98 Å². The van der Waals surface area contributed by atoms with E-state index in [9.17, 15) is 9.59 Å². The fourth-order valence-electron chi connectivity index (χ4n) is 0.692. The topological polar surface area (TPSA) is 93.3 Å². The van der Waals surface area contributed by atoms with Gasteiger partial charge in [-0.05, 0) is 6.07 Å². The fraction of sp³-hybridized carbons (Fsp3) is 0. The van der Waals surface area contributed by atoms with Crippen LogP contribution in [-0.4, -0.2) is 22.0 Å². The van der Waals surface area contributed by atoms with Crippen molar-refractivity contribution in [3.8, 4) is 0 Å². The molecule has 1 amide bonds. The lowest BCUT2D eigenvalue weighted by molar-refractivity contribution is 0.0696. The van der Waals surface area contributed by atoms with Crippen LogP contribution in [0.2, 0.25) is 0 Å². The Labute approximate surface area is 67.8 Å². The highest BCUT2D eigenvalue weighted by atomic mass is 16.4. The van der Waals surface area contributed by atoms with Crippen molar-refractivity contribution in [2.75, 3.05) is 0 Å². The number of hydrogen-bond acceptors (Lipinski definition) is 3. The summed E-state index contributed by atoms with van der Waals surface area (Å²) in [6.45, 7) is 0. The van der Waals surface area contributed by atoms with Crippen molar-refractivity contribution < 1.29 is 14.7 Å². The third-order valence-corrected chi connectivity index (χ3v) is 1.27. The number of pyridine rings is 1. The van der Waals surface area contributed by atoms with Gasteiger partial charge in [0.1, 0.15) is 0 Å². The van der Waals surface area contributed by atoms with Crippen LogP contribution in [0, 0.1) is 0 Å². The minimum atomic E-state index is -1.13. The molecule has 0 radical (unpaired) electrons. The summed E-state index contributed by atoms with van der Waals surface area (Å²) in [5.41, 5.74) is 4.95. The molecule has 0 unspecified atom stereocenters. The lowest BCUT2D eigenvalue weighted by Crippen LogP contribution is -2.12. The number of rotatable bonds is 2. The van der Waals surface area contributed by atoms with Crippen molar-refractivity contribution in [2.45, 2.75) is 0 Å². The monoisotopic (exact) mass is 166 g/mol. The van der Waals surface area contributed by atoms with Crippen molar-refractivity contribution >= 4 is 11.9 Å². The number of carboxylic acid groups (broad SMARTS) is 1. The molecule has 62 valence electrons. The molecule has 0 bridgehead atoms. The lowest BCUT2D eigenvalue weighted by Gasteiger charge is -1.95. The molecule has 0 saturated carbocycles. The third kappa shape index (κ3) is 1.57. The smallest absolute Gasteiger partial charge is 0.337 e. The van der Waals surface area contributed by atoms with Crippen molar-refractivity contribution in [1.29, 1.82) is 0 Å². The number of carbonyl (C=O) groups excluding carboxylic acids is 1. The molecule has 1 heterocycles. The number of primary amides is 1. The first kappa shape index (κ1) is 8.19. The molecule has 1 aromatic heterocycles. The molecule has 0 saturated heterocycles. The van der Waals surface area contributed by atoms with Gasteiger partial charge in [-0.2, -0.15) is 0 Å². The minimum Gasteiger partial charge on any atom is -0.478 e. The number of hydrogen-bond donors (Lipinski definition) is 2. The van der Waals surface area contributed by atoms with E-state index in [1.54, 1.807) is 0 Å². The Morgan fingerprint density at radius 3 is 2.42 bits per heavy atom. The Kier molecular flexibility index (Phi) is 2.05. The molecule has 0 atom stereocenters. The van der Waals surface area contributed by atoms with Gasteiger partial charge in [-0.15, -0.1) is 0 Å². The molecular weight excluding hydrogens is 160 g/mol. The number of nitrogens with zero attached hydrogens (tertiary/aromatic N) is 1. The van der Waals surface area contributed by atoms with Gasteiger partial charge in [0, 0.05) is 12.4 Å². The van der Waals surface area contributed by atoms with E-state index >= 15 is 0 Å². The molecule has 1 aromatic rings. The van der Waals surface area contributed by atoms with Crippen LogP contribution >= 0.6 is 0 Å². The van der Waals surface area contributed by atoms with Crippen molar-refractivity contribution in [3.63, 3.8) is 0 Å². The Hall–Kier alpha value is -1.91. The molecule has 0 aliphatic rings. The number of nitrogens with two attached hydrogens (primary N) is 1. The molecule has 5 nitrogen and oxygen atoms in total. The molecule has 0 aliphatic carbocycles. The zero-order valence-corrected chi connectivity index (χ0v) is 6.02. The van der Waals surface area contributed by atoms with Crippen LogP contribution in [0.1, 0.15) is 20.7 Å². The van der Waals surface area contributed by atoms with E-state index in [-0.39, 0.29) is 11.1 Å². The van der Waals surface area contributed by atoms with E-state index in [1.165, 1.54) is 12.3 Å². The van der Waals surface area contributed by atoms with E-state index in [4.69, 9.17) is 10.8 Å². The van der Waals surface area contributed by atoms with Gasteiger partial charge < -0.3 is 10.8 Å². The largest absolute Gasteiger partial charge is 0.478 e. The van der Waals surface area contributed by atoms with Gasteiger partial charge in [0.05, 0.1) is 11.1 Å². The van der Waals surface area contributed by atoms with Crippen LogP contribution in [0.4, 0.5) is 0 Å². The summed E-state index contributed by atoms with van der Waals surface area (Å²) >= 11 is 0. The molecule has 1 rings (SSSR count). The Bertz CT molecular complexity index is 306. The van der Waals surface area contributed by atoms with Crippen LogP contribution < -0.4 is 5.73 Å². The van der Waals surface area contributed by atoms with E-state index in [1.807, 2.05) is 0 Å². The van der Waals surface area contributed by atoms with E-state index in [2.05, 4.69) is 4.98 Å². The Morgan fingerprint density at radius 1 is 1.33 bits per heavy atom. The zero-order valence-electron chi connectivity index (χ0n) is 6.02. The first-order valence-electron chi connectivity index (χ1n) is 3.09. The maximum absolute atomic E-state index is 10.6. The fourth-order valence-corrected chi connectivity index (χ4v) is 0.692. The standard InChI is InChI=1S/C7H6N2O3/c8-6(10)4-1-5(7(11)12)3-9-2-4/h1-3H,(H2,8,10)(H,11,12). The highest BCUT2D eigenvalue weighted by Gasteiger charge is 2.06. The number of carbonyl (C=O) groups is 2. The van der Waals surface area contributed by atoms with Gasteiger partial charge in [-0.3, -0.25) is 9.78 Å². The van der Waals surface area contributed by atoms with Crippen molar-refractivity contribution in [2.24, 2.45) is 5.73 Å². The summed E-state index contributed by atoms with van der Waals surface area (Å²) in [5.74, 6) is -1.82. The second-order valence-electron chi connectivity index (χ2n) is 2.13. The Balaban J connectivity index is 3.12. The predicted molar refractivity (Wildman–Crippen MR) is 39.7 cm³/mol. The highest BCUT2D eigenvalue weighted by Crippen LogP contribution is 2.01. The summed E-state index contributed by atoms with van der Waals surface area (Å²) in [5, 5.41) is 8.50. The SMILES string of the molecule is NC(=O)c1cncc(C(=O)O)c1. The first-order chi connectivity index (χ1) is 5.61. The molecule has 0 aliphatic heterocycles. The van der Waals surface area contributed by atoms with Gasteiger partial charge in [0.25, 0.3) is 0 Å². The van der Waals surface area contributed by atoms with E-state index in [0.717, 1.165) is 6.20 Å². The summed E-state index contributed by atoms with van der Waals surface area (Å²) in [6, 6.07) is 1.18. The summed E-state index contributed by atoms with van der Waals surface area (Å²) in [6.07, 6.45) is 2.36.